The van der Waals surface area contributed by atoms with Gasteiger partial charge >= 0.3 is 0 Å². The molecule has 0 aromatic rings. The fourth-order valence-corrected chi connectivity index (χ4v) is 0.0791. The summed E-state index contributed by atoms with van der Waals surface area (Å²) < 4.78 is 0. The first-order valence-electron chi connectivity index (χ1n) is 2.51. The van der Waals surface area contributed by atoms with Crippen molar-refractivity contribution in [1.29, 1.82) is 5.53 Å². The molecule has 0 bridgehead atoms. The van der Waals surface area contributed by atoms with Gasteiger partial charge in [-0.2, -0.15) is 5.11 Å². The molecule has 0 saturated carbocycles. The quantitative estimate of drug-likeness (QED) is 0.516. The van der Waals surface area contributed by atoms with Gasteiger partial charge in [-0.05, 0) is 20.3 Å². The summed E-state index contributed by atoms with van der Waals surface area (Å²) in [4.78, 5) is 0. The number of hydrogen-bond donors (Lipinski definition) is 1. The predicted octanol–water partition coefficient (Wildman–Crippen LogP) is 2.21. The fourth-order valence-electron chi connectivity index (χ4n) is 0.0791. The third-order valence-corrected chi connectivity index (χ3v) is 1.17. The van der Waals surface area contributed by atoms with Crippen LogP contribution < -0.4 is 0 Å². The topological polar surface area (TPSA) is 36.2 Å². The van der Waals surface area contributed by atoms with Crippen LogP contribution in [0.2, 0.25) is 0 Å². The van der Waals surface area contributed by atoms with Gasteiger partial charge in [0, 0.05) is 0 Å². The molecule has 0 aromatic heterocycles. The van der Waals surface area contributed by atoms with Gasteiger partial charge in [-0.1, -0.05) is 6.92 Å². The molecule has 0 aliphatic rings. The molecule has 0 atom stereocenters. The first-order valence-corrected chi connectivity index (χ1v) is 2.51. The van der Waals surface area contributed by atoms with E-state index in [4.69, 9.17) is 5.53 Å². The van der Waals surface area contributed by atoms with Crippen molar-refractivity contribution >= 4 is 0 Å². The van der Waals surface area contributed by atoms with E-state index in [1.807, 2.05) is 20.8 Å². The maximum atomic E-state index is 6.63. The zero-order valence-corrected chi connectivity index (χ0v) is 5.15. The molecule has 0 radical (unpaired) electrons. The zero-order valence-electron chi connectivity index (χ0n) is 5.15. The van der Waals surface area contributed by atoms with Crippen LogP contribution in [0.25, 0.3) is 0 Å². The number of rotatable bonds is 2. The van der Waals surface area contributed by atoms with Crippen LogP contribution in [-0.4, -0.2) is 5.54 Å². The van der Waals surface area contributed by atoms with Gasteiger partial charge in [0.2, 0.25) is 0 Å². The SMILES string of the molecule is CCC(C)(C)N=N. The van der Waals surface area contributed by atoms with Gasteiger partial charge in [0.1, 0.15) is 0 Å². The molecule has 0 fully saturated rings. The van der Waals surface area contributed by atoms with Crippen LogP contribution in [0.3, 0.4) is 0 Å². The highest BCUT2D eigenvalue weighted by Crippen LogP contribution is 2.11. The molecular weight excluding hydrogens is 88.1 g/mol. The van der Waals surface area contributed by atoms with Crippen molar-refractivity contribution < 1.29 is 0 Å². The van der Waals surface area contributed by atoms with E-state index in [9.17, 15) is 0 Å². The molecule has 0 unspecified atom stereocenters. The molecule has 7 heavy (non-hydrogen) atoms. The van der Waals surface area contributed by atoms with Crippen LogP contribution in [0.15, 0.2) is 5.11 Å². The lowest BCUT2D eigenvalue weighted by molar-refractivity contribution is 0.468. The minimum absolute atomic E-state index is 0.125. The summed E-state index contributed by atoms with van der Waals surface area (Å²) >= 11 is 0. The van der Waals surface area contributed by atoms with E-state index < -0.39 is 0 Å². The molecule has 0 rings (SSSR count). The van der Waals surface area contributed by atoms with Gasteiger partial charge in [0.25, 0.3) is 0 Å². The van der Waals surface area contributed by atoms with Crippen molar-refractivity contribution in [3.05, 3.63) is 0 Å². The Morgan fingerprint density at radius 3 is 2.00 bits per heavy atom. The third kappa shape index (κ3) is 2.31. The molecule has 2 heteroatoms. The van der Waals surface area contributed by atoms with Crippen LogP contribution in [0, 0.1) is 5.53 Å². The third-order valence-electron chi connectivity index (χ3n) is 1.17. The maximum absolute atomic E-state index is 6.63. The Balaban J connectivity index is 3.58. The molecule has 0 aliphatic carbocycles. The van der Waals surface area contributed by atoms with Crippen molar-refractivity contribution in [3.8, 4) is 0 Å². The minimum atomic E-state index is -0.125. The summed E-state index contributed by atoms with van der Waals surface area (Å²) in [5.74, 6) is 0. The molecule has 42 valence electrons. The standard InChI is InChI=1S/C5H12N2/c1-4-5(2,3)7-6/h6H,4H2,1-3H3. The molecule has 2 nitrogen and oxygen atoms in total. The molecule has 1 N–H and O–H groups in total. The molecule has 0 heterocycles. The number of nitrogens with one attached hydrogen (secondary N) is 1. The Morgan fingerprint density at radius 2 is 2.00 bits per heavy atom. The molecule has 0 amide bonds. The fraction of sp³-hybridized carbons (Fsp3) is 1.00. The van der Waals surface area contributed by atoms with Gasteiger partial charge in [-0.25, -0.2) is 5.53 Å². The smallest absolute Gasteiger partial charge is 0.0754 e. The van der Waals surface area contributed by atoms with E-state index in [0.717, 1.165) is 6.42 Å². The van der Waals surface area contributed by atoms with Gasteiger partial charge in [0.15, 0.2) is 0 Å². The summed E-state index contributed by atoms with van der Waals surface area (Å²) in [6, 6.07) is 0. The lowest BCUT2D eigenvalue weighted by Crippen LogP contribution is -2.12. The van der Waals surface area contributed by atoms with Crippen molar-refractivity contribution in [1.82, 2.24) is 0 Å². The normalized spacial score (nSPS) is 11.3. The van der Waals surface area contributed by atoms with Gasteiger partial charge < -0.3 is 0 Å². The van der Waals surface area contributed by atoms with Crippen molar-refractivity contribution in [3.63, 3.8) is 0 Å². The Labute approximate surface area is 44.4 Å². The first-order chi connectivity index (χ1) is 3.12. The van der Waals surface area contributed by atoms with Crippen LogP contribution in [0.5, 0.6) is 0 Å². The first kappa shape index (κ1) is 6.60. The molecule has 0 spiro atoms. The maximum Gasteiger partial charge on any atom is 0.0754 e. The van der Waals surface area contributed by atoms with Gasteiger partial charge in [-0.15, -0.1) is 0 Å². The van der Waals surface area contributed by atoms with Crippen LogP contribution >= 0.6 is 0 Å². The Hall–Kier alpha value is -0.400. The number of hydrogen-bond acceptors (Lipinski definition) is 2. The Bertz CT molecular complexity index is 66.5. The van der Waals surface area contributed by atoms with Crippen LogP contribution in [-0.2, 0) is 0 Å². The lowest BCUT2D eigenvalue weighted by atomic mass is 10.0. The Morgan fingerprint density at radius 1 is 1.57 bits per heavy atom. The van der Waals surface area contributed by atoms with E-state index in [0.29, 0.717) is 0 Å². The highest BCUT2D eigenvalue weighted by molar-refractivity contribution is 4.70. The minimum Gasteiger partial charge on any atom is -0.209 e. The highest BCUT2D eigenvalue weighted by Gasteiger charge is 2.10. The van der Waals surface area contributed by atoms with Crippen LogP contribution in [0.1, 0.15) is 27.2 Å². The molecule has 0 aromatic carbocycles. The lowest BCUT2D eigenvalue weighted by Gasteiger charge is -2.11. The van der Waals surface area contributed by atoms with E-state index in [1.54, 1.807) is 0 Å². The predicted molar refractivity (Wildman–Crippen MR) is 29.5 cm³/mol. The van der Waals surface area contributed by atoms with Crippen LogP contribution in [0.4, 0.5) is 0 Å². The Kier molecular flexibility index (Phi) is 1.93. The average molecular weight is 100 g/mol. The second-order valence-electron chi connectivity index (χ2n) is 2.28. The van der Waals surface area contributed by atoms with Crippen molar-refractivity contribution in [2.24, 2.45) is 5.11 Å². The van der Waals surface area contributed by atoms with Gasteiger partial charge in [-0.3, -0.25) is 0 Å². The summed E-state index contributed by atoms with van der Waals surface area (Å²) in [6.45, 7) is 5.91. The van der Waals surface area contributed by atoms with E-state index in [2.05, 4.69) is 5.11 Å². The average Bonchev–Trinajstić information content (AvgIpc) is 1.68. The molecule has 0 saturated heterocycles. The van der Waals surface area contributed by atoms with E-state index in [1.165, 1.54) is 0 Å². The van der Waals surface area contributed by atoms with Gasteiger partial charge in [0.05, 0.1) is 5.54 Å². The van der Waals surface area contributed by atoms with Crippen molar-refractivity contribution in [2.45, 2.75) is 32.7 Å². The zero-order chi connectivity index (χ0) is 5.91. The molecular formula is C5H12N2. The van der Waals surface area contributed by atoms with E-state index in [-0.39, 0.29) is 5.54 Å². The largest absolute Gasteiger partial charge is 0.209 e. The second-order valence-corrected chi connectivity index (χ2v) is 2.28. The second kappa shape index (κ2) is 2.05. The molecule has 0 aliphatic heterocycles. The highest BCUT2D eigenvalue weighted by atomic mass is 15.0. The van der Waals surface area contributed by atoms with E-state index >= 15 is 0 Å². The summed E-state index contributed by atoms with van der Waals surface area (Å²) in [6.07, 6.45) is 0.941. The number of nitrogens with zero attached hydrogens (tertiary/aromatic N) is 1. The summed E-state index contributed by atoms with van der Waals surface area (Å²) in [5.41, 5.74) is 6.51. The summed E-state index contributed by atoms with van der Waals surface area (Å²) in [7, 11) is 0. The monoisotopic (exact) mass is 100 g/mol. The summed E-state index contributed by atoms with van der Waals surface area (Å²) in [5, 5.41) is 3.39. The van der Waals surface area contributed by atoms with Crippen molar-refractivity contribution in [2.75, 3.05) is 0 Å².